The lowest BCUT2D eigenvalue weighted by atomic mass is 9.95. The lowest BCUT2D eigenvalue weighted by Crippen LogP contribution is -2.61. The Balaban J connectivity index is 1.81. The summed E-state index contributed by atoms with van der Waals surface area (Å²) in [6, 6.07) is 14.7. The molecule has 3 aromatic rings. The van der Waals surface area contributed by atoms with Gasteiger partial charge in [0.05, 0.1) is 6.04 Å². The number of nitrogens with one attached hydrogen (secondary N) is 4. The summed E-state index contributed by atoms with van der Waals surface area (Å²) in [5.41, 5.74) is 3.06. The van der Waals surface area contributed by atoms with Crippen LogP contribution in [0.4, 0.5) is 0 Å². The van der Waals surface area contributed by atoms with Crippen LogP contribution < -0.4 is 16.0 Å². The van der Waals surface area contributed by atoms with Gasteiger partial charge in [-0.3, -0.25) is 19.2 Å². The van der Waals surface area contributed by atoms with Crippen molar-refractivity contribution in [2.45, 2.75) is 78.6 Å². The van der Waals surface area contributed by atoms with E-state index in [1.54, 1.807) is 21.1 Å². The zero-order valence-corrected chi connectivity index (χ0v) is 29.5. The van der Waals surface area contributed by atoms with E-state index >= 15 is 0 Å². The fraction of sp³-hybridized carbons (Fsp3) is 0.514. The maximum atomic E-state index is 14.3. The second kappa shape index (κ2) is 17.1. The number of amides is 4. The number of carbonyl (C=O) groups is 4. The number of carbonyl (C=O) groups excluding carboxylic acids is 4. The number of likely N-dealkylation sites (N-methyl/N-ethyl adjacent to an activating group) is 3. The van der Waals surface area contributed by atoms with Gasteiger partial charge in [-0.25, -0.2) is 0 Å². The molecule has 4 atom stereocenters. The molecule has 47 heavy (non-hydrogen) atoms. The van der Waals surface area contributed by atoms with Crippen LogP contribution in [0.15, 0.2) is 60.8 Å². The van der Waals surface area contributed by atoms with Crippen LogP contribution in [0.5, 0.6) is 0 Å². The van der Waals surface area contributed by atoms with E-state index in [4.69, 9.17) is 0 Å². The van der Waals surface area contributed by atoms with Crippen molar-refractivity contribution in [3.8, 4) is 0 Å². The van der Waals surface area contributed by atoms with Crippen molar-refractivity contribution in [1.82, 2.24) is 30.7 Å². The molecule has 1 heterocycles. The molecule has 0 spiro atoms. The van der Waals surface area contributed by atoms with Crippen LogP contribution in [0.3, 0.4) is 0 Å². The molecule has 0 radical (unpaired) electrons. The van der Waals surface area contributed by atoms with Crippen LogP contribution in [0, 0.1) is 17.8 Å². The van der Waals surface area contributed by atoms with Crippen LogP contribution in [0.25, 0.3) is 10.9 Å². The first kappa shape index (κ1) is 37.3. The summed E-state index contributed by atoms with van der Waals surface area (Å²) >= 11 is 0. The third kappa shape index (κ3) is 9.44. The fourth-order valence-electron chi connectivity index (χ4n) is 6.16. The summed E-state index contributed by atoms with van der Waals surface area (Å²) in [6.45, 7) is 11.8. The number of aromatic amines is 1. The molecule has 256 valence electrons. The van der Waals surface area contributed by atoms with E-state index in [-0.39, 0.29) is 41.4 Å². The number of aromatic nitrogens is 1. The first-order chi connectivity index (χ1) is 22.3. The van der Waals surface area contributed by atoms with Gasteiger partial charge in [0.25, 0.3) is 0 Å². The number of rotatable bonds is 16. The van der Waals surface area contributed by atoms with Gasteiger partial charge in [-0.05, 0) is 48.4 Å². The summed E-state index contributed by atoms with van der Waals surface area (Å²) in [6.07, 6.45) is 2.91. The minimum absolute atomic E-state index is 0.0225. The van der Waals surface area contributed by atoms with Gasteiger partial charge in [-0.15, -0.1) is 0 Å². The average Bonchev–Trinajstić information content (AvgIpc) is 3.45. The molecule has 0 saturated heterocycles. The van der Waals surface area contributed by atoms with Crippen LogP contribution in [-0.2, 0) is 32.0 Å². The fourth-order valence-corrected chi connectivity index (χ4v) is 6.16. The molecule has 1 aromatic heterocycles. The Kier molecular flexibility index (Phi) is 13.6. The molecule has 0 bridgehead atoms. The highest BCUT2D eigenvalue weighted by Gasteiger charge is 2.39. The van der Waals surface area contributed by atoms with Gasteiger partial charge in [0.1, 0.15) is 18.1 Å². The van der Waals surface area contributed by atoms with Gasteiger partial charge in [0.2, 0.25) is 23.6 Å². The highest BCUT2D eigenvalue weighted by Crippen LogP contribution is 2.20. The van der Waals surface area contributed by atoms with Gasteiger partial charge in [0, 0.05) is 44.2 Å². The maximum absolute atomic E-state index is 14.3. The molecule has 0 fully saturated rings. The number of para-hydroxylation sites is 1. The number of nitrogens with zero attached hydrogens (tertiary/aromatic N) is 2. The van der Waals surface area contributed by atoms with Crippen LogP contribution in [-0.4, -0.2) is 90.3 Å². The minimum atomic E-state index is -0.854. The molecule has 0 aliphatic rings. The second-order valence-electron chi connectivity index (χ2n) is 13.4. The molecule has 0 unspecified atom stereocenters. The number of hydrogen-bond acceptors (Lipinski definition) is 5. The van der Waals surface area contributed by atoms with Crippen LogP contribution >= 0.6 is 0 Å². The van der Waals surface area contributed by atoms with Crippen molar-refractivity contribution in [3.05, 3.63) is 71.9 Å². The molecule has 2 aromatic carbocycles. The van der Waals surface area contributed by atoms with Crippen molar-refractivity contribution in [2.24, 2.45) is 17.8 Å². The van der Waals surface area contributed by atoms with Crippen LogP contribution in [0.2, 0.25) is 0 Å². The SMILES string of the molecule is CN[C@H](C(=O)N[C@H](C(=O)N(C)[C@H](C(=O)N(C)[C@@H](Cc1ccccc1)C(=O)NCCc1c[nH]c2ccccc12)C(C)C)C(C)C)C(C)C. The van der Waals surface area contributed by atoms with Crippen molar-refractivity contribution < 1.29 is 19.2 Å². The summed E-state index contributed by atoms with van der Waals surface area (Å²) in [7, 11) is 4.95. The second-order valence-corrected chi connectivity index (χ2v) is 13.4. The van der Waals surface area contributed by atoms with Crippen molar-refractivity contribution >= 4 is 34.5 Å². The quantitative estimate of drug-likeness (QED) is 0.189. The Morgan fingerprint density at radius 3 is 1.96 bits per heavy atom. The van der Waals surface area contributed by atoms with E-state index in [1.165, 1.54) is 9.80 Å². The smallest absolute Gasteiger partial charge is 0.246 e. The Bertz CT molecular complexity index is 1480. The topological polar surface area (TPSA) is 127 Å². The van der Waals surface area contributed by atoms with Crippen molar-refractivity contribution in [3.63, 3.8) is 0 Å². The molecular formula is C37H54N6O4. The molecule has 4 N–H and O–H groups in total. The Morgan fingerprint density at radius 2 is 1.36 bits per heavy atom. The highest BCUT2D eigenvalue weighted by atomic mass is 16.2. The number of fused-ring (bicyclic) bond motifs is 1. The van der Waals surface area contributed by atoms with E-state index in [0.717, 1.165) is 22.0 Å². The Hall–Kier alpha value is -4.18. The van der Waals surface area contributed by atoms with Crippen LogP contribution in [0.1, 0.15) is 52.7 Å². The molecule has 3 rings (SSSR count). The minimum Gasteiger partial charge on any atom is -0.361 e. The number of H-pyrrole nitrogens is 1. The van der Waals surface area contributed by atoms with Gasteiger partial charge in [0.15, 0.2) is 0 Å². The lowest BCUT2D eigenvalue weighted by Gasteiger charge is -2.38. The predicted octanol–water partition coefficient (Wildman–Crippen LogP) is 3.76. The van der Waals surface area contributed by atoms with E-state index < -0.39 is 24.2 Å². The third-order valence-corrected chi connectivity index (χ3v) is 8.90. The molecule has 0 saturated carbocycles. The first-order valence-corrected chi connectivity index (χ1v) is 16.7. The highest BCUT2D eigenvalue weighted by molar-refractivity contribution is 5.95. The standard InChI is InChI=1S/C37H54N6O4/c1-23(2)31(38-7)35(45)41-32(24(3)4)36(46)43(9)33(25(5)6)37(47)42(8)30(21-26-15-11-10-12-16-26)34(44)39-20-19-27-22-40-29-18-14-13-17-28(27)29/h10-18,22-25,30-33,38,40H,19-21H2,1-9H3,(H,39,44)(H,41,45)/t30-,31-,32-,33-/m0/s1. The number of benzene rings is 2. The molecule has 10 nitrogen and oxygen atoms in total. The van der Waals surface area contributed by atoms with E-state index in [0.29, 0.717) is 19.4 Å². The molecule has 4 amide bonds. The Labute approximate surface area is 280 Å². The zero-order chi connectivity index (χ0) is 34.8. The van der Waals surface area contributed by atoms with Gasteiger partial charge in [-0.1, -0.05) is 90.1 Å². The van der Waals surface area contributed by atoms with E-state index in [2.05, 4.69) is 27.0 Å². The largest absolute Gasteiger partial charge is 0.361 e. The molecule has 0 aliphatic carbocycles. The monoisotopic (exact) mass is 646 g/mol. The molecule has 10 heteroatoms. The van der Waals surface area contributed by atoms with Gasteiger partial charge in [-0.2, -0.15) is 0 Å². The Morgan fingerprint density at radius 1 is 0.745 bits per heavy atom. The third-order valence-electron chi connectivity index (χ3n) is 8.90. The summed E-state index contributed by atoms with van der Waals surface area (Å²) < 4.78 is 0. The lowest BCUT2D eigenvalue weighted by molar-refractivity contribution is -0.151. The van der Waals surface area contributed by atoms with Gasteiger partial charge < -0.3 is 30.7 Å². The molecule has 0 aliphatic heterocycles. The van der Waals surface area contributed by atoms with E-state index in [1.807, 2.05) is 96.3 Å². The van der Waals surface area contributed by atoms with Crippen molar-refractivity contribution in [1.29, 1.82) is 0 Å². The van der Waals surface area contributed by atoms with Gasteiger partial charge >= 0.3 is 0 Å². The summed E-state index contributed by atoms with van der Waals surface area (Å²) in [5, 5.41) is 10.1. The predicted molar refractivity (Wildman–Crippen MR) is 188 cm³/mol. The summed E-state index contributed by atoms with van der Waals surface area (Å²) in [5.74, 6) is -1.67. The zero-order valence-electron chi connectivity index (χ0n) is 29.5. The average molecular weight is 647 g/mol. The molecular weight excluding hydrogens is 592 g/mol. The van der Waals surface area contributed by atoms with Crippen molar-refractivity contribution in [2.75, 3.05) is 27.7 Å². The van der Waals surface area contributed by atoms with E-state index in [9.17, 15) is 19.2 Å². The summed E-state index contributed by atoms with van der Waals surface area (Å²) in [4.78, 5) is 61.3. The maximum Gasteiger partial charge on any atom is 0.246 e. The normalized spacial score (nSPS) is 14.1. The first-order valence-electron chi connectivity index (χ1n) is 16.7. The number of hydrogen-bond donors (Lipinski definition) is 4.